The van der Waals surface area contributed by atoms with Gasteiger partial charge in [0.15, 0.2) is 0 Å². The topological polar surface area (TPSA) is 0 Å². The van der Waals surface area contributed by atoms with E-state index in [1.54, 1.807) is 0 Å². The molecule has 0 nitrogen and oxygen atoms in total. The van der Waals surface area contributed by atoms with E-state index in [0.717, 1.165) is 10.8 Å². The first-order valence-corrected chi connectivity index (χ1v) is 6.43. The minimum absolute atomic E-state index is 0.163. The lowest BCUT2D eigenvalue weighted by Gasteiger charge is -2.13. The molecule has 3 rings (SSSR count). The van der Waals surface area contributed by atoms with Gasteiger partial charge in [0.1, 0.15) is 0 Å². The highest BCUT2D eigenvalue weighted by molar-refractivity contribution is 5.98. The highest BCUT2D eigenvalue weighted by Crippen LogP contribution is 2.33. The molecular weight excluding hydrogens is 228 g/mol. The normalized spacial score (nSPS) is 14.8. The SMILES string of the molecule is [2H]c1c([2H])c([2H])c(-c2ccc(C(C)C)c3ccccc23)c([2H])c1[2H]. The van der Waals surface area contributed by atoms with Crippen LogP contribution in [0.15, 0.2) is 66.6 Å². The molecule has 0 heteroatoms. The van der Waals surface area contributed by atoms with E-state index in [9.17, 15) is 0 Å². The van der Waals surface area contributed by atoms with Crippen molar-refractivity contribution in [2.24, 2.45) is 0 Å². The van der Waals surface area contributed by atoms with Crippen LogP contribution in [0.25, 0.3) is 21.9 Å². The first-order valence-electron chi connectivity index (χ1n) is 8.93. The molecule has 0 unspecified atom stereocenters. The number of hydrogen-bond acceptors (Lipinski definition) is 0. The van der Waals surface area contributed by atoms with E-state index in [1.165, 1.54) is 5.56 Å². The molecular formula is C19H18. The lowest BCUT2D eigenvalue weighted by molar-refractivity contribution is 0.876. The molecule has 0 atom stereocenters. The maximum Gasteiger partial charge on any atom is 0.0629 e. The first-order chi connectivity index (χ1) is 11.3. The summed E-state index contributed by atoms with van der Waals surface area (Å²) < 4.78 is 40.0. The van der Waals surface area contributed by atoms with Gasteiger partial charge in [-0.3, -0.25) is 0 Å². The van der Waals surface area contributed by atoms with E-state index in [2.05, 4.69) is 13.8 Å². The first kappa shape index (κ1) is 7.49. The van der Waals surface area contributed by atoms with E-state index in [4.69, 9.17) is 6.85 Å². The summed E-state index contributed by atoms with van der Waals surface area (Å²) in [5.74, 6) is 0.337. The lowest BCUT2D eigenvalue weighted by Crippen LogP contribution is -1.91. The zero-order valence-electron chi connectivity index (χ0n) is 16.0. The molecule has 0 aliphatic heterocycles. The number of fused-ring (bicyclic) bond motifs is 1. The molecule has 19 heavy (non-hydrogen) atoms. The van der Waals surface area contributed by atoms with Crippen molar-refractivity contribution in [2.45, 2.75) is 19.8 Å². The Balaban J connectivity index is 2.43. The van der Waals surface area contributed by atoms with Crippen molar-refractivity contribution in [1.29, 1.82) is 0 Å². The predicted octanol–water partition coefficient (Wildman–Crippen LogP) is 5.63. The summed E-state index contributed by atoms with van der Waals surface area (Å²) in [5.41, 5.74) is 2.11. The second-order valence-corrected chi connectivity index (χ2v) is 4.90. The van der Waals surface area contributed by atoms with Crippen LogP contribution < -0.4 is 0 Å². The van der Waals surface area contributed by atoms with Crippen LogP contribution in [0.4, 0.5) is 0 Å². The third kappa shape index (κ3) is 2.15. The maximum absolute atomic E-state index is 8.21. The average Bonchev–Trinajstić information content (AvgIpc) is 2.58. The van der Waals surface area contributed by atoms with Crippen molar-refractivity contribution in [3.63, 3.8) is 0 Å². The Morgan fingerprint density at radius 2 is 1.53 bits per heavy atom. The monoisotopic (exact) mass is 251 g/mol. The van der Waals surface area contributed by atoms with Crippen LogP contribution in [0.1, 0.15) is 32.2 Å². The molecule has 0 aromatic heterocycles. The quantitative estimate of drug-likeness (QED) is 0.553. The Morgan fingerprint density at radius 1 is 0.842 bits per heavy atom. The van der Waals surface area contributed by atoms with Gasteiger partial charge >= 0.3 is 0 Å². The Hall–Kier alpha value is -2.08. The molecule has 0 amide bonds. The van der Waals surface area contributed by atoms with Gasteiger partial charge in [0, 0.05) is 0 Å². The van der Waals surface area contributed by atoms with E-state index in [0.29, 0.717) is 11.5 Å². The molecule has 0 saturated heterocycles. The standard InChI is InChI=1S/C19H18/c1-14(2)16-12-13-17(15-8-4-3-5-9-15)19-11-7-6-10-18(16)19/h3-14H,1-2H3/i3D,4D,5D,8D,9D. The maximum atomic E-state index is 8.21. The molecule has 0 fully saturated rings. The Morgan fingerprint density at radius 3 is 2.21 bits per heavy atom. The van der Waals surface area contributed by atoms with Gasteiger partial charge in [-0.1, -0.05) is 80.5 Å². The van der Waals surface area contributed by atoms with Crippen molar-refractivity contribution in [2.75, 3.05) is 0 Å². The summed E-state index contributed by atoms with van der Waals surface area (Å²) in [4.78, 5) is 0. The third-order valence-electron chi connectivity index (χ3n) is 3.35. The zero-order chi connectivity index (χ0) is 17.6. The molecule has 0 heterocycles. The van der Waals surface area contributed by atoms with Gasteiger partial charge in [-0.25, -0.2) is 0 Å². The fraction of sp³-hybridized carbons (Fsp3) is 0.158. The molecule has 0 saturated carbocycles. The second kappa shape index (κ2) is 4.89. The summed E-state index contributed by atoms with van der Waals surface area (Å²) in [7, 11) is 0. The van der Waals surface area contributed by atoms with Crippen molar-refractivity contribution in [1.82, 2.24) is 0 Å². The van der Waals surface area contributed by atoms with Crippen LogP contribution in [0.5, 0.6) is 0 Å². The number of rotatable bonds is 2. The van der Waals surface area contributed by atoms with Crippen molar-refractivity contribution >= 4 is 10.8 Å². The molecule has 94 valence electrons. The molecule has 0 spiro atoms. The molecule has 3 aromatic rings. The summed E-state index contributed by atoms with van der Waals surface area (Å²) >= 11 is 0. The van der Waals surface area contributed by atoms with E-state index < -0.39 is 0 Å². The molecule has 0 radical (unpaired) electrons. The van der Waals surface area contributed by atoms with Crippen molar-refractivity contribution in [3.05, 3.63) is 72.2 Å². The van der Waals surface area contributed by atoms with E-state index in [-0.39, 0.29) is 35.8 Å². The fourth-order valence-electron chi connectivity index (χ4n) is 2.43. The Labute approximate surface area is 121 Å². The molecule has 0 aliphatic rings. The summed E-state index contributed by atoms with van der Waals surface area (Å²) in [6.45, 7) is 4.23. The molecule has 0 bridgehead atoms. The minimum atomic E-state index is -0.364. The van der Waals surface area contributed by atoms with Crippen molar-refractivity contribution < 1.29 is 6.85 Å². The van der Waals surface area contributed by atoms with Crippen LogP contribution in [0.2, 0.25) is 0 Å². The van der Waals surface area contributed by atoms with Gasteiger partial charge in [-0.15, -0.1) is 0 Å². The molecule has 3 aromatic carbocycles. The zero-order valence-corrected chi connectivity index (χ0v) is 11.0. The largest absolute Gasteiger partial charge is 0.0629 e. The fourth-order valence-corrected chi connectivity index (χ4v) is 2.43. The van der Waals surface area contributed by atoms with Crippen LogP contribution in [-0.2, 0) is 0 Å². The van der Waals surface area contributed by atoms with Gasteiger partial charge in [0.05, 0.1) is 6.85 Å². The van der Waals surface area contributed by atoms with Crippen LogP contribution in [0, 0.1) is 0 Å². The average molecular weight is 251 g/mol. The summed E-state index contributed by atoms with van der Waals surface area (Å²) in [5, 5.41) is 1.96. The summed E-state index contributed by atoms with van der Waals surface area (Å²) in [6, 6.07) is 10.4. The van der Waals surface area contributed by atoms with Crippen LogP contribution >= 0.6 is 0 Å². The third-order valence-corrected chi connectivity index (χ3v) is 3.35. The number of benzene rings is 3. The smallest absolute Gasteiger partial charge is 0.0622 e. The van der Waals surface area contributed by atoms with Gasteiger partial charge < -0.3 is 0 Å². The minimum Gasteiger partial charge on any atom is -0.0622 e. The molecule has 0 N–H and O–H groups in total. The van der Waals surface area contributed by atoms with Gasteiger partial charge in [0.2, 0.25) is 0 Å². The second-order valence-electron chi connectivity index (χ2n) is 4.90. The van der Waals surface area contributed by atoms with Gasteiger partial charge in [-0.2, -0.15) is 0 Å². The number of hydrogen-bond donors (Lipinski definition) is 0. The predicted molar refractivity (Wildman–Crippen MR) is 83.5 cm³/mol. The lowest BCUT2D eigenvalue weighted by atomic mass is 9.91. The van der Waals surface area contributed by atoms with Crippen LogP contribution in [0.3, 0.4) is 0 Å². The highest BCUT2D eigenvalue weighted by atomic mass is 14.1. The molecule has 0 aliphatic carbocycles. The van der Waals surface area contributed by atoms with Gasteiger partial charge in [0.25, 0.3) is 0 Å². The van der Waals surface area contributed by atoms with E-state index in [1.807, 2.05) is 36.4 Å². The Kier molecular flexibility index (Phi) is 1.93. The Bertz CT molecular complexity index is 915. The summed E-state index contributed by atoms with van der Waals surface area (Å²) in [6.07, 6.45) is 0. The van der Waals surface area contributed by atoms with Crippen LogP contribution in [-0.4, -0.2) is 0 Å². The van der Waals surface area contributed by atoms with E-state index >= 15 is 0 Å². The van der Waals surface area contributed by atoms with Crippen molar-refractivity contribution in [3.8, 4) is 11.1 Å². The highest BCUT2D eigenvalue weighted by Gasteiger charge is 2.09. The van der Waals surface area contributed by atoms with Gasteiger partial charge in [-0.05, 0) is 33.4 Å².